The van der Waals surface area contributed by atoms with Crippen LogP contribution in [-0.4, -0.2) is 28.5 Å². The van der Waals surface area contributed by atoms with E-state index in [1.807, 2.05) is 24.3 Å². The van der Waals surface area contributed by atoms with Gasteiger partial charge in [-0.25, -0.2) is 0 Å². The normalized spacial score (nSPS) is 20.4. The summed E-state index contributed by atoms with van der Waals surface area (Å²) >= 11 is 0. The highest BCUT2D eigenvalue weighted by Gasteiger charge is 2.43. The van der Waals surface area contributed by atoms with Gasteiger partial charge in [0.15, 0.2) is 11.5 Å². The molecular weight excluding hydrogens is 464 g/mol. The first-order chi connectivity index (χ1) is 17.7. The lowest BCUT2D eigenvalue weighted by molar-refractivity contribution is -0.00708. The Kier molecular flexibility index (Phi) is 6.63. The third-order valence-corrected chi connectivity index (χ3v) is 7.78. The Balaban J connectivity index is 1.39. The zero-order valence-electron chi connectivity index (χ0n) is 21.6. The highest BCUT2D eigenvalue weighted by Crippen LogP contribution is 2.50. The van der Waals surface area contributed by atoms with Crippen molar-refractivity contribution in [3.8, 4) is 28.7 Å². The Labute approximate surface area is 218 Å². The van der Waals surface area contributed by atoms with Gasteiger partial charge in [0.1, 0.15) is 23.4 Å². The van der Waals surface area contributed by atoms with Crippen LogP contribution in [0.3, 0.4) is 0 Å². The number of hydrogen-bond acceptors (Lipinski definition) is 5. The Hall–Kier alpha value is -3.86. The lowest BCUT2D eigenvalue weighted by Crippen LogP contribution is -2.45. The van der Waals surface area contributed by atoms with Crippen molar-refractivity contribution in [1.82, 2.24) is 0 Å². The van der Waals surface area contributed by atoms with Gasteiger partial charge >= 0.3 is 0 Å². The Morgan fingerprint density at radius 3 is 2.30 bits per heavy atom. The summed E-state index contributed by atoms with van der Waals surface area (Å²) in [6, 6.07) is 14.1. The van der Waals surface area contributed by atoms with E-state index in [0.717, 1.165) is 41.0 Å². The molecule has 5 rings (SSSR count). The molecule has 0 radical (unpaired) electrons. The van der Waals surface area contributed by atoms with Gasteiger partial charge in [-0.05, 0) is 95.8 Å². The van der Waals surface area contributed by atoms with E-state index < -0.39 is 0 Å². The van der Waals surface area contributed by atoms with Crippen molar-refractivity contribution < 1.29 is 24.8 Å². The van der Waals surface area contributed by atoms with Crippen molar-refractivity contribution in [1.29, 1.82) is 0 Å². The average Bonchev–Trinajstić information content (AvgIpc) is 2.85. The summed E-state index contributed by atoms with van der Waals surface area (Å²) in [4.78, 5) is 0. The maximum absolute atomic E-state index is 10.6. The highest BCUT2D eigenvalue weighted by molar-refractivity contribution is 5.79. The second-order valence-corrected chi connectivity index (χ2v) is 10.8. The highest BCUT2D eigenvalue weighted by atomic mass is 16.5. The summed E-state index contributed by atoms with van der Waals surface area (Å²) in [5.74, 6) is 2.17. The molecule has 2 aliphatic rings. The van der Waals surface area contributed by atoms with Gasteiger partial charge in [-0.1, -0.05) is 44.2 Å². The molecule has 0 spiro atoms. The quantitative estimate of drug-likeness (QED) is 0.322. The fraction of sp³-hybridized carbons (Fsp3) is 0.312. The van der Waals surface area contributed by atoms with Crippen molar-refractivity contribution in [2.45, 2.75) is 45.6 Å². The first-order valence-corrected chi connectivity index (χ1v) is 12.8. The first kappa shape index (κ1) is 24.8. The van der Waals surface area contributed by atoms with Crippen LogP contribution in [0.1, 0.15) is 60.9 Å². The van der Waals surface area contributed by atoms with E-state index in [1.165, 1.54) is 12.8 Å². The number of phenolic OH excluding ortho intramolecular Hbond substituents is 3. The van der Waals surface area contributed by atoms with Crippen molar-refractivity contribution in [2.75, 3.05) is 7.11 Å². The number of aromatic hydroxyl groups is 3. The molecule has 1 aliphatic carbocycles. The largest absolute Gasteiger partial charge is 0.508 e. The minimum absolute atomic E-state index is 0.0296. The average molecular weight is 499 g/mol. The van der Waals surface area contributed by atoms with Crippen LogP contribution in [0.5, 0.6) is 28.7 Å². The predicted octanol–water partition coefficient (Wildman–Crippen LogP) is 7.28. The number of ether oxygens (including phenoxy) is 2. The van der Waals surface area contributed by atoms with Crippen LogP contribution in [0.2, 0.25) is 0 Å². The standard InChI is InChI=1S/C32H34O5/c1-32(2)13-5-8-29-26(32)19-23-14-21(18-30(36-3)31(23)37-29)9-10-22-16-27(34)25(28(35)17-22)12-11-20-6-4-7-24(33)15-20/h4,6-7,9-12,14-18,26,29,33-35H,5,8,13,19H2,1-3H3/b10-9+,12-11+/t26-,29?/m0/s1. The topological polar surface area (TPSA) is 79.2 Å². The molecule has 3 N–H and O–H groups in total. The van der Waals surface area contributed by atoms with E-state index in [-0.39, 0.29) is 28.8 Å². The fourth-order valence-corrected chi connectivity index (χ4v) is 5.71. The molecule has 192 valence electrons. The summed E-state index contributed by atoms with van der Waals surface area (Å²) in [7, 11) is 1.67. The smallest absolute Gasteiger partial charge is 0.164 e. The van der Waals surface area contributed by atoms with Crippen LogP contribution < -0.4 is 9.47 Å². The van der Waals surface area contributed by atoms with E-state index in [2.05, 4.69) is 19.9 Å². The van der Waals surface area contributed by atoms with Gasteiger partial charge in [-0.2, -0.15) is 0 Å². The van der Waals surface area contributed by atoms with Crippen LogP contribution in [-0.2, 0) is 6.42 Å². The van der Waals surface area contributed by atoms with E-state index >= 15 is 0 Å². The zero-order chi connectivity index (χ0) is 26.2. The number of methoxy groups -OCH3 is 1. The molecule has 0 aromatic heterocycles. The molecule has 37 heavy (non-hydrogen) atoms. The summed E-state index contributed by atoms with van der Waals surface area (Å²) < 4.78 is 12.2. The molecule has 5 heteroatoms. The molecule has 0 saturated heterocycles. The van der Waals surface area contributed by atoms with Crippen LogP contribution in [0.15, 0.2) is 48.5 Å². The van der Waals surface area contributed by atoms with Gasteiger partial charge in [-0.3, -0.25) is 0 Å². The molecule has 1 saturated carbocycles. The lowest BCUT2D eigenvalue weighted by Gasteiger charge is -2.47. The number of benzene rings is 3. The molecule has 3 aromatic carbocycles. The minimum Gasteiger partial charge on any atom is -0.508 e. The SMILES string of the molecule is COc1cc(/C=C/c2cc(O)c(/C=C/c3cccc(O)c3)c(O)c2)cc2c1OC1CCCC(C)(C)[C@H]1C2. The van der Waals surface area contributed by atoms with E-state index in [9.17, 15) is 15.3 Å². The van der Waals surface area contributed by atoms with Gasteiger partial charge in [0.25, 0.3) is 0 Å². The van der Waals surface area contributed by atoms with Gasteiger partial charge < -0.3 is 24.8 Å². The molecule has 1 aliphatic heterocycles. The summed E-state index contributed by atoms with van der Waals surface area (Å²) in [6.45, 7) is 4.70. The van der Waals surface area contributed by atoms with Crippen LogP contribution in [0, 0.1) is 11.3 Å². The Morgan fingerprint density at radius 2 is 1.59 bits per heavy atom. The van der Waals surface area contributed by atoms with Gasteiger partial charge in [0, 0.05) is 5.92 Å². The maximum atomic E-state index is 10.6. The van der Waals surface area contributed by atoms with Gasteiger partial charge in [0.05, 0.1) is 12.7 Å². The van der Waals surface area contributed by atoms with Crippen molar-refractivity contribution in [2.24, 2.45) is 11.3 Å². The third-order valence-electron chi connectivity index (χ3n) is 7.78. The molecule has 1 heterocycles. The van der Waals surface area contributed by atoms with Crippen molar-refractivity contribution in [3.63, 3.8) is 0 Å². The predicted molar refractivity (Wildman–Crippen MR) is 148 cm³/mol. The number of rotatable bonds is 5. The lowest BCUT2D eigenvalue weighted by atomic mass is 9.64. The second-order valence-electron chi connectivity index (χ2n) is 10.8. The second kappa shape index (κ2) is 9.89. The summed E-state index contributed by atoms with van der Waals surface area (Å²) in [5.41, 5.74) is 4.12. The molecule has 1 unspecified atom stereocenters. The molecule has 5 nitrogen and oxygen atoms in total. The summed E-state index contributed by atoms with van der Waals surface area (Å²) in [6.07, 6.45) is 11.9. The monoisotopic (exact) mass is 498 g/mol. The van der Waals surface area contributed by atoms with Gasteiger partial charge in [0.2, 0.25) is 0 Å². The third kappa shape index (κ3) is 5.17. The fourth-order valence-electron chi connectivity index (χ4n) is 5.71. The van der Waals surface area contributed by atoms with Crippen LogP contribution >= 0.6 is 0 Å². The van der Waals surface area contributed by atoms with Crippen molar-refractivity contribution >= 4 is 24.3 Å². The van der Waals surface area contributed by atoms with E-state index in [4.69, 9.17) is 9.47 Å². The molecule has 1 fully saturated rings. The van der Waals surface area contributed by atoms with Gasteiger partial charge in [-0.15, -0.1) is 0 Å². The first-order valence-electron chi connectivity index (χ1n) is 12.8. The molecule has 2 atom stereocenters. The molecule has 0 amide bonds. The number of fused-ring (bicyclic) bond motifs is 2. The Bertz CT molecular complexity index is 1340. The van der Waals surface area contributed by atoms with E-state index in [1.54, 1.807) is 49.6 Å². The molecule has 0 bridgehead atoms. The zero-order valence-corrected chi connectivity index (χ0v) is 21.6. The summed E-state index contributed by atoms with van der Waals surface area (Å²) in [5, 5.41) is 30.8. The molecular formula is C32H34O5. The van der Waals surface area contributed by atoms with Crippen molar-refractivity contribution in [3.05, 3.63) is 76.3 Å². The molecule has 3 aromatic rings. The Morgan fingerprint density at radius 1 is 0.892 bits per heavy atom. The van der Waals surface area contributed by atoms with Crippen LogP contribution in [0.4, 0.5) is 0 Å². The minimum atomic E-state index is -0.0296. The number of phenols is 3. The maximum Gasteiger partial charge on any atom is 0.164 e. The van der Waals surface area contributed by atoms with E-state index in [0.29, 0.717) is 17.0 Å². The van der Waals surface area contributed by atoms with Crippen LogP contribution in [0.25, 0.3) is 24.3 Å². The number of hydrogen-bond donors (Lipinski definition) is 3.